The Kier molecular flexibility index (Phi) is 5.36. The summed E-state index contributed by atoms with van der Waals surface area (Å²) in [7, 11) is 0. The molecule has 2 heterocycles. The number of amides is 2. The van der Waals surface area contributed by atoms with Gasteiger partial charge in [0.2, 0.25) is 0 Å². The molecule has 0 unspecified atom stereocenters. The minimum Gasteiger partial charge on any atom is -0.338 e. The van der Waals surface area contributed by atoms with Crippen LogP contribution in [-0.4, -0.2) is 45.3 Å². The monoisotopic (exact) mass is 341 g/mol. The van der Waals surface area contributed by atoms with Crippen molar-refractivity contribution < 1.29 is 4.79 Å². The molecule has 6 heteroatoms. The molecule has 1 aliphatic heterocycles. The molecule has 3 rings (SSSR count). The van der Waals surface area contributed by atoms with Crippen molar-refractivity contribution in [1.29, 1.82) is 0 Å². The minimum absolute atomic E-state index is 0.0412. The van der Waals surface area contributed by atoms with Crippen molar-refractivity contribution in [2.75, 3.05) is 19.6 Å². The Balaban J connectivity index is 1.46. The molecule has 0 saturated carbocycles. The van der Waals surface area contributed by atoms with Gasteiger partial charge >= 0.3 is 6.03 Å². The molecule has 0 bridgehead atoms. The highest BCUT2D eigenvalue weighted by molar-refractivity contribution is 5.74. The Hall–Kier alpha value is -2.37. The summed E-state index contributed by atoms with van der Waals surface area (Å²) in [6.07, 6.45) is 6.04. The standard InChI is InChI=1S/C19H27N5O/c1-14-10-15(2)18(16(3)11-14)4-7-21-19(25)23-8-5-17(6-9-23)24-13-20-12-22-24/h10-13,17H,4-9H2,1-3H3,(H,21,25). The Morgan fingerprint density at radius 3 is 2.48 bits per heavy atom. The summed E-state index contributed by atoms with van der Waals surface area (Å²) < 4.78 is 1.90. The van der Waals surface area contributed by atoms with Crippen molar-refractivity contribution in [2.24, 2.45) is 0 Å². The van der Waals surface area contributed by atoms with E-state index < -0.39 is 0 Å². The maximum Gasteiger partial charge on any atom is 0.317 e. The predicted molar refractivity (Wildman–Crippen MR) is 97.6 cm³/mol. The average Bonchev–Trinajstić information content (AvgIpc) is 3.11. The van der Waals surface area contributed by atoms with Crippen LogP contribution >= 0.6 is 0 Å². The maximum atomic E-state index is 12.4. The second-order valence-electron chi connectivity index (χ2n) is 6.95. The van der Waals surface area contributed by atoms with Crippen molar-refractivity contribution in [3.63, 3.8) is 0 Å². The van der Waals surface area contributed by atoms with Gasteiger partial charge in [0.15, 0.2) is 0 Å². The lowest BCUT2D eigenvalue weighted by Gasteiger charge is -2.31. The van der Waals surface area contributed by atoms with Gasteiger partial charge in [-0.2, -0.15) is 5.10 Å². The lowest BCUT2D eigenvalue weighted by molar-refractivity contribution is 0.168. The summed E-state index contributed by atoms with van der Waals surface area (Å²) >= 11 is 0. The number of hydrogen-bond acceptors (Lipinski definition) is 3. The van der Waals surface area contributed by atoms with Crippen molar-refractivity contribution >= 4 is 6.03 Å². The van der Waals surface area contributed by atoms with Crippen LogP contribution in [0, 0.1) is 20.8 Å². The molecule has 0 radical (unpaired) electrons. The molecule has 0 spiro atoms. The second kappa shape index (κ2) is 7.68. The number of benzene rings is 1. The molecule has 134 valence electrons. The first-order valence-electron chi connectivity index (χ1n) is 8.98. The van der Waals surface area contributed by atoms with Crippen molar-refractivity contribution in [3.8, 4) is 0 Å². The van der Waals surface area contributed by atoms with Gasteiger partial charge in [-0.15, -0.1) is 0 Å². The third-order valence-electron chi connectivity index (χ3n) is 5.05. The highest BCUT2D eigenvalue weighted by Gasteiger charge is 2.23. The van der Waals surface area contributed by atoms with Gasteiger partial charge in [0.1, 0.15) is 12.7 Å². The average molecular weight is 341 g/mol. The highest BCUT2D eigenvalue weighted by Crippen LogP contribution is 2.21. The summed E-state index contributed by atoms with van der Waals surface area (Å²) in [5.74, 6) is 0. The first-order valence-corrected chi connectivity index (χ1v) is 8.98. The van der Waals surface area contributed by atoms with Gasteiger partial charge in [0.25, 0.3) is 0 Å². The lowest BCUT2D eigenvalue weighted by Crippen LogP contribution is -2.45. The summed E-state index contributed by atoms with van der Waals surface area (Å²) in [4.78, 5) is 18.3. The van der Waals surface area contributed by atoms with E-state index in [1.54, 1.807) is 12.7 Å². The molecule has 1 fully saturated rings. The summed E-state index contributed by atoms with van der Waals surface area (Å²) in [5.41, 5.74) is 5.25. The van der Waals surface area contributed by atoms with Crippen LogP contribution < -0.4 is 5.32 Å². The summed E-state index contributed by atoms with van der Waals surface area (Å²) in [6, 6.07) is 4.81. The van der Waals surface area contributed by atoms with E-state index in [0.717, 1.165) is 32.4 Å². The topological polar surface area (TPSA) is 63.1 Å². The van der Waals surface area contributed by atoms with Gasteiger partial charge in [-0.3, -0.25) is 0 Å². The van der Waals surface area contributed by atoms with E-state index >= 15 is 0 Å². The Morgan fingerprint density at radius 2 is 1.88 bits per heavy atom. The van der Waals surface area contributed by atoms with E-state index in [1.165, 1.54) is 22.3 Å². The molecule has 1 aromatic carbocycles. The van der Waals surface area contributed by atoms with E-state index in [0.29, 0.717) is 12.6 Å². The number of rotatable bonds is 4. The third-order valence-corrected chi connectivity index (χ3v) is 5.05. The fourth-order valence-electron chi connectivity index (χ4n) is 3.75. The van der Waals surface area contributed by atoms with Crippen molar-refractivity contribution in [2.45, 2.75) is 46.1 Å². The SMILES string of the molecule is Cc1cc(C)c(CCNC(=O)N2CCC(n3cncn3)CC2)c(C)c1. The highest BCUT2D eigenvalue weighted by atomic mass is 16.2. The first-order chi connectivity index (χ1) is 12.0. The predicted octanol–water partition coefficient (Wildman–Crippen LogP) is 2.79. The maximum absolute atomic E-state index is 12.4. The van der Waals surface area contributed by atoms with Crippen molar-refractivity contribution in [1.82, 2.24) is 25.0 Å². The molecule has 1 aliphatic rings. The number of likely N-dealkylation sites (tertiary alicyclic amines) is 1. The number of nitrogens with one attached hydrogen (secondary N) is 1. The Morgan fingerprint density at radius 1 is 1.20 bits per heavy atom. The van der Waals surface area contributed by atoms with Crippen LogP contribution in [0.1, 0.15) is 41.1 Å². The molecule has 1 N–H and O–H groups in total. The number of hydrogen-bond donors (Lipinski definition) is 1. The fraction of sp³-hybridized carbons (Fsp3) is 0.526. The smallest absolute Gasteiger partial charge is 0.317 e. The van der Waals surface area contributed by atoms with E-state index in [2.05, 4.69) is 48.3 Å². The zero-order valence-electron chi connectivity index (χ0n) is 15.3. The molecular weight excluding hydrogens is 314 g/mol. The summed E-state index contributed by atoms with van der Waals surface area (Å²) in [5, 5.41) is 7.27. The molecule has 6 nitrogen and oxygen atoms in total. The molecule has 1 saturated heterocycles. The van der Waals surface area contributed by atoms with E-state index in [1.807, 2.05) is 9.58 Å². The molecule has 0 aliphatic carbocycles. The van der Waals surface area contributed by atoms with Gasteiger partial charge < -0.3 is 10.2 Å². The van der Waals surface area contributed by atoms with Gasteiger partial charge in [-0.1, -0.05) is 17.7 Å². The number of aryl methyl sites for hydroxylation is 3. The minimum atomic E-state index is 0.0412. The Labute approximate surface area is 149 Å². The zero-order chi connectivity index (χ0) is 17.8. The fourth-order valence-corrected chi connectivity index (χ4v) is 3.75. The lowest BCUT2D eigenvalue weighted by atomic mass is 9.97. The van der Waals surface area contributed by atoms with Crippen LogP contribution in [0.2, 0.25) is 0 Å². The number of carbonyl (C=O) groups is 1. The first kappa shape index (κ1) is 17.5. The number of aromatic nitrogens is 3. The molecular formula is C19H27N5O. The van der Waals surface area contributed by atoms with E-state index in [-0.39, 0.29) is 6.03 Å². The summed E-state index contributed by atoms with van der Waals surface area (Å²) in [6.45, 7) is 8.61. The van der Waals surface area contributed by atoms with E-state index in [4.69, 9.17) is 0 Å². The zero-order valence-corrected chi connectivity index (χ0v) is 15.3. The quantitative estimate of drug-likeness (QED) is 0.930. The molecule has 2 amide bonds. The van der Waals surface area contributed by atoms with Crippen LogP contribution in [0.4, 0.5) is 4.79 Å². The normalized spacial score (nSPS) is 15.4. The molecule has 0 atom stereocenters. The van der Waals surface area contributed by atoms with Crippen LogP contribution in [0.5, 0.6) is 0 Å². The number of urea groups is 1. The van der Waals surface area contributed by atoms with E-state index in [9.17, 15) is 4.79 Å². The third kappa shape index (κ3) is 4.18. The number of carbonyl (C=O) groups excluding carboxylic acids is 1. The molecule has 1 aromatic heterocycles. The van der Waals surface area contributed by atoms with Crippen molar-refractivity contribution in [3.05, 3.63) is 47.0 Å². The Bertz CT molecular complexity index is 694. The van der Waals surface area contributed by atoms with Crippen LogP contribution in [0.3, 0.4) is 0 Å². The van der Waals surface area contributed by atoms with Gasteiger partial charge in [-0.05, 0) is 56.7 Å². The van der Waals surface area contributed by atoms with Gasteiger partial charge in [-0.25, -0.2) is 14.5 Å². The van der Waals surface area contributed by atoms with Crippen LogP contribution in [-0.2, 0) is 6.42 Å². The van der Waals surface area contributed by atoms with Gasteiger partial charge in [0.05, 0.1) is 6.04 Å². The molecule has 2 aromatic rings. The molecule has 25 heavy (non-hydrogen) atoms. The van der Waals surface area contributed by atoms with Crippen LogP contribution in [0.25, 0.3) is 0 Å². The largest absolute Gasteiger partial charge is 0.338 e. The van der Waals surface area contributed by atoms with Crippen LogP contribution in [0.15, 0.2) is 24.8 Å². The number of nitrogens with zero attached hydrogens (tertiary/aromatic N) is 4. The van der Waals surface area contributed by atoms with Gasteiger partial charge in [0, 0.05) is 19.6 Å². The number of piperidine rings is 1. The second-order valence-corrected chi connectivity index (χ2v) is 6.95.